The lowest BCUT2D eigenvalue weighted by Gasteiger charge is -2.09. The zero-order chi connectivity index (χ0) is 13.5. The highest BCUT2D eigenvalue weighted by molar-refractivity contribution is 5.78. The minimum atomic E-state index is 0.271. The van der Waals surface area contributed by atoms with Crippen molar-refractivity contribution in [2.45, 2.75) is 6.54 Å². The highest BCUT2D eigenvalue weighted by Crippen LogP contribution is 2.34. The molecule has 0 aliphatic carbocycles. The third-order valence-corrected chi connectivity index (χ3v) is 3.43. The molecule has 1 aromatic heterocycles. The summed E-state index contributed by atoms with van der Waals surface area (Å²) in [7, 11) is 0. The Hall–Kier alpha value is -2.53. The number of nitrogens with two attached hydrogens (primary N) is 1. The Bertz CT molecular complexity index is 795. The number of benzene rings is 2. The van der Waals surface area contributed by atoms with Crippen LogP contribution in [0.4, 0.5) is 0 Å². The Morgan fingerprint density at radius 2 is 1.95 bits per heavy atom. The zero-order valence-corrected chi connectivity index (χ0v) is 10.7. The molecule has 0 saturated carbocycles. The summed E-state index contributed by atoms with van der Waals surface area (Å²) in [6.07, 6.45) is 0. The highest BCUT2D eigenvalue weighted by Gasteiger charge is 2.16. The molecule has 0 radical (unpaired) electrons. The number of hydrogen-bond donors (Lipinski definition) is 1. The zero-order valence-electron chi connectivity index (χ0n) is 10.7. The van der Waals surface area contributed by atoms with Gasteiger partial charge in [-0.15, -0.1) is 0 Å². The predicted molar refractivity (Wildman–Crippen MR) is 75.1 cm³/mol. The SMILES string of the molecule is NCc1nc2ccccc2n1-c1ccc2c(c1)OCO2. The third-order valence-electron chi connectivity index (χ3n) is 3.43. The van der Waals surface area contributed by atoms with Gasteiger partial charge in [-0.3, -0.25) is 4.57 Å². The number of imidazole rings is 1. The molecule has 1 aliphatic rings. The molecule has 0 saturated heterocycles. The molecule has 0 fully saturated rings. The number of rotatable bonds is 2. The molecule has 3 aromatic rings. The number of fused-ring (bicyclic) bond motifs is 2. The lowest BCUT2D eigenvalue weighted by atomic mass is 10.2. The number of aromatic nitrogens is 2. The van der Waals surface area contributed by atoms with Crippen LogP contribution >= 0.6 is 0 Å². The van der Waals surface area contributed by atoms with Crippen LogP contribution in [0.1, 0.15) is 5.82 Å². The van der Waals surface area contributed by atoms with Gasteiger partial charge in [0, 0.05) is 6.07 Å². The fraction of sp³-hybridized carbons (Fsp3) is 0.133. The second kappa shape index (κ2) is 4.25. The third kappa shape index (κ3) is 1.57. The van der Waals surface area contributed by atoms with E-state index in [1.807, 2.05) is 42.5 Å². The van der Waals surface area contributed by atoms with E-state index in [0.29, 0.717) is 6.54 Å². The number of nitrogens with zero attached hydrogens (tertiary/aromatic N) is 2. The van der Waals surface area contributed by atoms with Crippen molar-refractivity contribution in [2.75, 3.05) is 6.79 Å². The van der Waals surface area contributed by atoms with Gasteiger partial charge in [0.1, 0.15) is 5.82 Å². The smallest absolute Gasteiger partial charge is 0.231 e. The molecular formula is C15H13N3O2. The van der Waals surface area contributed by atoms with Crippen molar-refractivity contribution >= 4 is 11.0 Å². The van der Waals surface area contributed by atoms with E-state index in [2.05, 4.69) is 9.55 Å². The van der Waals surface area contributed by atoms with Gasteiger partial charge in [-0.25, -0.2) is 4.98 Å². The molecule has 5 heteroatoms. The topological polar surface area (TPSA) is 62.3 Å². The number of para-hydroxylation sites is 2. The van der Waals surface area contributed by atoms with E-state index in [4.69, 9.17) is 15.2 Å². The molecule has 0 spiro atoms. The molecule has 20 heavy (non-hydrogen) atoms. The largest absolute Gasteiger partial charge is 0.454 e. The minimum Gasteiger partial charge on any atom is -0.454 e. The van der Waals surface area contributed by atoms with E-state index < -0.39 is 0 Å². The van der Waals surface area contributed by atoms with Crippen LogP contribution in [0.3, 0.4) is 0 Å². The monoisotopic (exact) mass is 267 g/mol. The van der Waals surface area contributed by atoms with Crippen LogP contribution in [-0.4, -0.2) is 16.3 Å². The summed E-state index contributed by atoms with van der Waals surface area (Å²) < 4.78 is 12.8. The maximum Gasteiger partial charge on any atom is 0.231 e. The fourth-order valence-corrected chi connectivity index (χ4v) is 2.53. The van der Waals surface area contributed by atoms with Crippen molar-refractivity contribution in [2.24, 2.45) is 5.73 Å². The predicted octanol–water partition coefficient (Wildman–Crippen LogP) is 2.21. The van der Waals surface area contributed by atoms with Gasteiger partial charge in [0.15, 0.2) is 11.5 Å². The Labute approximate surface area is 115 Å². The minimum absolute atomic E-state index is 0.271. The summed E-state index contributed by atoms with van der Waals surface area (Å²) in [5.74, 6) is 2.35. The standard InChI is InChI=1S/C15H13N3O2/c16-8-15-17-11-3-1-2-4-12(11)18(15)10-5-6-13-14(7-10)20-9-19-13/h1-7H,8-9,16H2. The van der Waals surface area contributed by atoms with Crippen molar-refractivity contribution in [3.05, 3.63) is 48.3 Å². The summed E-state index contributed by atoms with van der Waals surface area (Å²) in [5, 5.41) is 0. The molecule has 2 N–H and O–H groups in total. The maximum absolute atomic E-state index is 5.83. The van der Waals surface area contributed by atoms with Gasteiger partial charge in [-0.2, -0.15) is 0 Å². The normalized spacial score (nSPS) is 13.1. The Morgan fingerprint density at radius 1 is 1.10 bits per heavy atom. The molecule has 2 aromatic carbocycles. The van der Waals surface area contributed by atoms with Crippen LogP contribution in [0.15, 0.2) is 42.5 Å². The van der Waals surface area contributed by atoms with Crippen molar-refractivity contribution in [1.82, 2.24) is 9.55 Å². The lowest BCUT2D eigenvalue weighted by Crippen LogP contribution is -2.06. The summed E-state index contributed by atoms with van der Waals surface area (Å²) in [4.78, 5) is 4.57. The maximum atomic E-state index is 5.83. The van der Waals surface area contributed by atoms with Crippen molar-refractivity contribution in [1.29, 1.82) is 0 Å². The summed E-state index contributed by atoms with van der Waals surface area (Å²) in [6, 6.07) is 13.8. The summed E-state index contributed by atoms with van der Waals surface area (Å²) in [5.41, 5.74) is 8.77. The van der Waals surface area contributed by atoms with Crippen LogP contribution in [0.25, 0.3) is 16.7 Å². The second-order valence-corrected chi connectivity index (χ2v) is 4.59. The Morgan fingerprint density at radius 3 is 2.85 bits per heavy atom. The van der Waals surface area contributed by atoms with Gasteiger partial charge in [-0.05, 0) is 24.3 Å². The van der Waals surface area contributed by atoms with Crippen LogP contribution < -0.4 is 15.2 Å². The molecule has 100 valence electrons. The van der Waals surface area contributed by atoms with Crippen LogP contribution in [0.5, 0.6) is 11.5 Å². The molecule has 5 nitrogen and oxygen atoms in total. The van der Waals surface area contributed by atoms with Gasteiger partial charge in [0.05, 0.1) is 23.3 Å². The summed E-state index contributed by atoms with van der Waals surface area (Å²) in [6.45, 7) is 0.649. The van der Waals surface area contributed by atoms with Gasteiger partial charge in [0.2, 0.25) is 6.79 Å². The van der Waals surface area contributed by atoms with Crippen LogP contribution in [-0.2, 0) is 6.54 Å². The van der Waals surface area contributed by atoms with Crippen LogP contribution in [0.2, 0.25) is 0 Å². The summed E-state index contributed by atoms with van der Waals surface area (Å²) >= 11 is 0. The molecule has 0 unspecified atom stereocenters. The van der Waals surface area contributed by atoms with E-state index in [1.54, 1.807) is 0 Å². The highest BCUT2D eigenvalue weighted by atomic mass is 16.7. The molecule has 2 heterocycles. The molecular weight excluding hydrogens is 254 g/mol. The van der Waals surface area contributed by atoms with E-state index in [1.165, 1.54) is 0 Å². The van der Waals surface area contributed by atoms with E-state index in [9.17, 15) is 0 Å². The molecule has 4 rings (SSSR count). The van der Waals surface area contributed by atoms with Crippen molar-refractivity contribution < 1.29 is 9.47 Å². The van der Waals surface area contributed by atoms with Gasteiger partial charge >= 0.3 is 0 Å². The first-order valence-electron chi connectivity index (χ1n) is 6.43. The number of hydrogen-bond acceptors (Lipinski definition) is 4. The molecule has 0 bridgehead atoms. The Kier molecular flexibility index (Phi) is 2.40. The van der Waals surface area contributed by atoms with Gasteiger partial charge in [0.25, 0.3) is 0 Å². The Balaban J connectivity index is 1.97. The first-order valence-corrected chi connectivity index (χ1v) is 6.43. The second-order valence-electron chi connectivity index (χ2n) is 4.59. The molecule has 0 atom stereocenters. The molecule has 0 amide bonds. The van der Waals surface area contributed by atoms with E-state index >= 15 is 0 Å². The fourth-order valence-electron chi connectivity index (χ4n) is 2.53. The number of ether oxygens (including phenoxy) is 2. The van der Waals surface area contributed by atoms with E-state index in [0.717, 1.165) is 34.0 Å². The van der Waals surface area contributed by atoms with Crippen molar-refractivity contribution in [3.8, 4) is 17.2 Å². The lowest BCUT2D eigenvalue weighted by molar-refractivity contribution is 0.174. The first kappa shape index (κ1) is 11.3. The quantitative estimate of drug-likeness (QED) is 0.773. The molecule has 1 aliphatic heterocycles. The van der Waals surface area contributed by atoms with Crippen molar-refractivity contribution in [3.63, 3.8) is 0 Å². The van der Waals surface area contributed by atoms with Gasteiger partial charge < -0.3 is 15.2 Å². The van der Waals surface area contributed by atoms with E-state index in [-0.39, 0.29) is 6.79 Å². The van der Waals surface area contributed by atoms with Gasteiger partial charge in [-0.1, -0.05) is 12.1 Å². The average molecular weight is 267 g/mol. The average Bonchev–Trinajstić information content (AvgIpc) is 3.09. The first-order chi connectivity index (χ1) is 9.86. The van der Waals surface area contributed by atoms with Crippen LogP contribution in [0, 0.1) is 0 Å².